The lowest BCUT2D eigenvalue weighted by molar-refractivity contribution is 0.0550. The van der Waals surface area contributed by atoms with E-state index >= 15 is 0 Å². The van der Waals surface area contributed by atoms with Gasteiger partial charge >= 0.3 is 11.9 Å². The smallest absolute Gasteiger partial charge is 0.357 e. The number of ether oxygens (including phenoxy) is 2. The van der Waals surface area contributed by atoms with Gasteiger partial charge in [0.2, 0.25) is 0 Å². The summed E-state index contributed by atoms with van der Waals surface area (Å²) in [5.74, 6) is -1.71. The van der Waals surface area contributed by atoms with Crippen molar-refractivity contribution in [2.45, 2.75) is 11.8 Å². The van der Waals surface area contributed by atoms with Crippen LogP contribution in [0.4, 0.5) is 0 Å². The molecule has 0 bridgehead atoms. The molecule has 0 aliphatic carbocycles. The van der Waals surface area contributed by atoms with Gasteiger partial charge in [0.1, 0.15) is 0 Å². The molecule has 27 heavy (non-hydrogen) atoms. The minimum atomic E-state index is -4.05. The highest BCUT2D eigenvalue weighted by Gasteiger charge is 2.26. The first-order valence-corrected chi connectivity index (χ1v) is 9.11. The molecule has 10 heteroatoms. The Bertz CT molecular complexity index is 1150. The van der Waals surface area contributed by atoms with Crippen LogP contribution in [0, 0.1) is 6.92 Å². The second kappa shape index (κ2) is 6.80. The van der Waals surface area contributed by atoms with Crippen molar-refractivity contribution in [3.63, 3.8) is 0 Å². The average Bonchev–Trinajstić information content (AvgIpc) is 3.09. The number of aryl methyl sites for hydroxylation is 1. The van der Waals surface area contributed by atoms with Crippen molar-refractivity contribution in [3.05, 3.63) is 53.3 Å². The summed E-state index contributed by atoms with van der Waals surface area (Å²) in [7, 11) is -1.78. The molecule has 2 aromatic heterocycles. The van der Waals surface area contributed by atoms with Crippen LogP contribution in [0.25, 0.3) is 11.0 Å². The summed E-state index contributed by atoms with van der Waals surface area (Å²) in [6.07, 6.45) is 1.24. The maximum Gasteiger partial charge on any atom is 0.357 e. The SMILES string of the molecule is COC(=O)c1cc2cnn(S(=O)(=O)c3ccc(C)cc3)c2nc1C(=O)OC. The average molecular weight is 389 g/mol. The molecule has 0 saturated heterocycles. The van der Waals surface area contributed by atoms with Crippen molar-refractivity contribution in [3.8, 4) is 0 Å². The lowest BCUT2D eigenvalue weighted by Gasteiger charge is -2.08. The zero-order chi connectivity index (χ0) is 19.8. The van der Waals surface area contributed by atoms with Crippen LogP contribution in [0.2, 0.25) is 0 Å². The molecule has 0 radical (unpaired) electrons. The topological polar surface area (TPSA) is 117 Å². The first kappa shape index (κ1) is 18.5. The normalized spacial score (nSPS) is 11.4. The van der Waals surface area contributed by atoms with E-state index in [4.69, 9.17) is 0 Å². The molecule has 0 amide bonds. The van der Waals surface area contributed by atoms with Gasteiger partial charge in [0.25, 0.3) is 10.0 Å². The number of fused-ring (bicyclic) bond motifs is 1. The van der Waals surface area contributed by atoms with Crippen molar-refractivity contribution in [1.29, 1.82) is 0 Å². The van der Waals surface area contributed by atoms with E-state index in [2.05, 4.69) is 19.6 Å². The van der Waals surface area contributed by atoms with E-state index in [0.29, 0.717) is 4.09 Å². The summed E-state index contributed by atoms with van der Waals surface area (Å²) in [5, 5.41) is 4.13. The predicted octanol–water partition coefficient (Wildman–Crippen LogP) is 1.55. The summed E-state index contributed by atoms with van der Waals surface area (Å²) < 4.78 is 35.8. The third-order valence-corrected chi connectivity index (χ3v) is 5.43. The number of carbonyl (C=O) groups excluding carboxylic acids is 2. The second-order valence-corrected chi connectivity index (χ2v) is 7.35. The highest BCUT2D eigenvalue weighted by Crippen LogP contribution is 2.22. The Morgan fingerprint density at radius 2 is 1.67 bits per heavy atom. The molecule has 0 aliphatic rings. The monoisotopic (exact) mass is 389 g/mol. The van der Waals surface area contributed by atoms with E-state index < -0.39 is 22.0 Å². The fourth-order valence-corrected chi connectivity index (χ4v) is 3.67. The number of aromatic nitrogens is 3. The molecular formula is C17H15N3O6S. The molecule has 3 rings (SSSR count). The molecule has 0 atom stereocenters. The van der Waals surface area contributed by atoms with Gasteiger partial charge in [-0.2, -0.15) is 13.5 Å². The summed E-state index contributed by atoms with van der Waals surface area (Å²) in [6.45, 7) is 1.83. The Morgan fingerprint density at radius 3 is 2.26 bits per heavy atom. The van der Waals surface area contributed by atoms with Crippen LogP contribution in [0.5, 0.6) is 0 Å². The molecule has 0 fully saturated rings. The molecule has 3 aromatic rings. The molecule has 0 N–H and O–H groups in total. The van der Waals surface area contributed by atoms with Crippen molar-refractivity contribution < 1.29 is 27.5 Å². The summed E-state index contributed by atoms with van der Waals surface area (Å²) in [4.78, 5) is 28.0. The third-order valence-electron chi connectivity index (χ3n) is 3.84. The number of methoxy groups -OCH3 is 2. The maximum absolute atomic E-state index is 12.9. The van der Waals surface area contributed by atoms with Gasteiger partial charge < -0.3 is 9.47 Å². The van der Waals surface area contributed by atoms with Gasteiger partial charge in [0.15, 0.2) is 11.3 Å². The first-order valence-electron chi connectivity index (χ1n) is 7.67. The number of nitrogens with zero attached hydrogens (tertiary/aromatic N) is 3. The quantitative estimate of drug-likeness (QED) is 0.617. The van der Waals surface area contributed by atoms with Gasteiger partial charge in [0, 0.05) is 5.39 Å². The third kappa shape index (κ3) is 3.14. The molecule has 0 spiro atoms. The van der Waals surface area contributed by atoms with Crippen molar-refractivity contribution >= 4 is 33.0 Å². The van der Waals surface area contributed by atoms with E-state index in [1.54, 1.807) is 12.1 Å². The number of hydrogen-bond donors (Lipinski definition) is 0. The fraction of sp³-hybridized carbons (Fsp3) is 0.176. The van der Waals surface area contributed by atoms with Gasteiger partial charge in [-0.25, -0.2) is 14.6 Å². The molecule has 2 heterocycles. The number of esters is 2. The number of benzene rings is 1. The van der Waals surface area contributed by atoms with E-state index in [1.807, 2.05) is 6.92 Å². The summed E-state index contributed by atoms with van der Waals surface area (Å²) in [5.41, 5.74) is 0.276. The number of rotatable bonds is 4. The van der Waals surface area contributed by atoms with Crippen LogP contribution >= 0.6 is 0 Å². The van der Waals surface area contributed by atoms with E-state index in [-0.39, 0.29) is 27.2 Å². The van der Waals surface area contributed by atoms with E-state index in [9.17, 15) is 18.0 Å². The first-order chi connectivity index (χ1) is 12.8. The van der Waals surface area contributed by atoms with Crippen LogP contribution in [0.1, 0.15) is 26.4 Å². The van der Waals surface area contributed by atoms with Gasteiger partial charge in [-0.15, -0.1) is 4.09 Å². The Morgan fingerprint density at radius 1 is 1.04 bits per heavy atom. The molecule has 0 saturated carbocycles. The van der Waals surface area contributed by atoms with Crippen molar-refractivity contribution in [1.82, 2.24) is 14.2 Å². The van der Waals surface area contributed by atoms with Crippen LogP contribution in [-0.2, 0) is 19.5 Å². The molecule has 1 aromatic carbocycles. The van der Waals surface area contributed by atoms with Crippen molar-refractivity contribution in [2.75, 3.05) is 14.2 Å². The molecule has 9 nitrogen and oxygen atoms in total. The highest BCUT2D eigenvalue weighted by molar-refractivity contribution is 7.90. The number of pyridine rings is 1. The number of hydrogen-bond acceptors (Lipinski definition) is 8. The van der Waals surface area contributed by atoms with Gasteiger partial charge in [0.05, 0.1) is 30.9 Å². The molecule has 0 unspecified atom stereocenters. The van der Waals surface area contributed by atoms with Gasteiger partial charge in [-0.1, -0.05) is 17.7 Å². The molecule has 140 valence electrons. The highest BCUT2D eigenvalue weighted by atomic mass is 32.2. The van der Waals surface area contributed by atoms with Crippen LogP contribution in [-0.4, -0.2) is 48.7 Å². The second-order valence-electron chi connectivity index (χ2n) is 5.59. The standard InChI is InChI=1S/C17H15N3O6S/c1-10-4-6-12(7-5-10)27(23,24)20-15-11(9-18-20)8-13(16(21)25-2)14(19-15)17(22)26-3/h4-9H,1-3H3. The minimum Gasteiger partial charge on any atom is -0.465 e. The Labute approximate surface area is 154 Å². The van der Waals surface area contributed by atoms with Gasteiger partial charge in [-0.3, -0.25) is 0 Å². The van der Waals surface area contributed by atoms with Crippen LogP contribution in [0.15, 0.2) is 41.4 Å². The zero-order valence-corrected chi connectivity index (χ0v) is 15.5. The molecular weight excluding hydrogens is 374 g/mol. The van der Waals surface area contributed by atoms with E-state index in [0.717, 1.165) is 19.8 Å². The van der Waals surface area contributed by atoms with Gasteiger partial charge in [-0.05, 0) is 25.1 Å². The Balaban J connectivity index is 2.26. The minimum absolute atomic E-state index is 0.0107. The summed E-state index contributed by atoms with van der Waals surface area (Å²) >= 11 is 0. The lowest BCUT2D eigenvalue weighted by Crippen LogP contribution is -2.18. The molecule has 0 aliphatic heterocycles. The van der Waals surface area contributed by atoms with Crippen molar-refractivity contribution in [2.24, 2.45) is 0 Å². The summed E-state index contributed by atoms with van der Waals surface area (Å²) in [6, 6.07) is 7.49. The largest absolute Gasteiger partial charge is 0.465 e. The fourth-order valence-electron chi connectivity index (χ4n) is 2.44. The van der Waals surface area contributed by atoms with Crippen LogP contribution in [0.3, 0.4) is 0 Å². The predicted molar refractivity (Wildman–Crippen MR) is 94.0 cm³/mol. The Kier molecular flexibility index (Phi) is 4.66. The number of carbonyl (C=O) groups is 2. The lowest BCUT2D eigenvalue weighted by atomic mass is 10.1. The van der Waals surface area contributed by atoms with E-state index in [1.165, 1.54) is 24.4 Å². The van der Waals surface area contributed by atoms with Crippen LogP contribution < -0.4 is 0 Å². The Hall–Kier alpha value is -3.27. The zero-order valence-electron chi connectivity index (χ0n) is 14.7. The maximum atomic E-state index is 12.9.